The number of hydrogen-bond donors (Lipinski definition) is 1. The molecule has 5 heteroatoms. The van der Waals surface area contributed by atoms with Crippen molar-refractivity contribution in [2.45, 2.75) is 0 Å². The Hall–Kier alpha value is -1.49. The Morgan fingerprint density at radius 2 is 2.14 bits per heavy atom. The molecule has 1 aromatic rings. The SMILES string of the molecule is COc1c(C(=O)CN)ccc(F)c1F. The number of Topliss-reactive ketones (excluding diaryl/α,β-unsaturated/α-hetero) is 1. The van der Waals surface area contributed by atoms with Crippen molar-refractivity contribution >= 4 is 5.78 Å². The van der Waals surface area contributed by atoms with Gasteiger partial charge in [-0.15, -0.1) is 0 Å². The smallest absolute Gasteiger partial charge is 0.201 e. The lowest BCUT2D eigenvalue weighted by atomic mass is 10.1. The van der Waals surface area contributed by atoms with Crippen LogP contribution >= 0.6 is 0 Å². The van der Waals surface area contributed by atoms with Crippen LogP contribution in [0.1, 0.15) is 10.4 Å². The van der Waals surface area contributed by atoms with Gasteiger partial charge in [-0.05, 0) is 12.1 Å². The van der Waals surface area contributed by atoms with Crippen molar-refractivity contribution < 1.29 is 18.3 Å². The Balaban J connectivity index is 3.31. The molecule has 3 nitrogen and oxygen atoms in total. The van der Waals surface area contributed by atoms with Crippen molar-refractivity contribution in [3.8, 4) is 5.75 Å². The first-order chi connectivity index (χ1) is 6.61. The summed E-state index contributed by atoms with van der Waals surface area (Å²) in [6, 6.07) is 2.01. The molecule has 0 spiro atoms. The Morgan fingerprint density at radius 3 is 2.64 bits per heavy atom. The van der Waals surface area contributed by atoms with Gasteiger partial charge in [0, 0.05) is 0 Å². The summed E-state index contributed by atoms with van der Waals surface area (Å²) in [7, 11) is 1.16. The van der Waals surface area contributed by atoms with E-state index in [0.29, 0.717) is 0 Å². The van der Waals surface area contributed by atoms with Crippen LogP contribution in [0.5, 0.6) is 5.75 Å². The van der Waals surface area contributed by atoms with Crippen molar-refractivity contribution in [2.24, 2.45) is 5.73 Å². The summed E-state index contributed by atoms with van der Waals surface area (Å²) in [4.78, 5) is 11.2. The number of halogens is 2. The molecule has 0 radical (unpaired) electrons. The van der Waals surface area contributed by atoms with E-state index in [0.717, 1.165) is 19.2 Å². The molecule has 0 bridgehead atoms. The second kappa shape index (κ2) is 4.15. The lowest BCUT2D eigenvalue weighted by molar-refractivity contribution is 0.0997. The summed E-state index contributed by atoms with van der Waals surface area (Å²) < 4.78 is 30.4. The molecule has 2 N–H and O–H groups in total. The zero-order chi connectivity index (χ0) is 10.7. The Morgan fingerprint density at radius 1 is 1.50 bits per heavy atom. The van der Waals surface area contributed by atoms with Gasteiger partial charge in [0.05, 0.1) is 19.2 Å². The van der Waals surface area contributed by atoms with E-state index >= 15 is 0 Å². The standard InChI is InChI=1S/C9H9F2NO2/c1-14-9-5(7(13)4-12)2-3-6(10)8(9)11/h2-3H,4,12H2,1H3. The van der Waals surface area contributed by atoms with E-state index in [2.05, 4.69) is 4.74 Å². The van der Waals surface area contributed by atoms with Crippen molar-refractivity contribution in [1.82, 2.24) is 0 Å². The van der Waals surface area contributed by atoms with Gasteiger partial charge in [0.25, 0.3) is 0 Å². The number of benzene rings is 1. The molecule has 0 aliphatic heterocycles. The molecule has 1 rings (SSSR count). The lowest BCUT2D eigenvalue weighted by Gasteiger charge is -2.07. The predicted octanol–water partition coefficient (Wildman–Crippen LogP) is 1.11. The minimum atomic E-state index is -1.17. The molecular formula is C9H9F2NO2. The average molecular weight is 201 g/mol. The first-order valence-corrected chi connectivity index (χ1v) is 3.87. The third kappa shape index (κ3) is 1.72. The van der Waals surface area contributed by atoms with Crippen LogP contribution in [0.25, 0.3) is 0 Å². The monoisotopic (exact) mass is 201 g/mol. The van der Waals surface area contributed by atoms with E-state index in [9.17, 15) is 13.6 Å². The van der Waals surface area contributed by atoms with Gasteiger partial charge < -0.3 is 10.5 Å². The van der Waals surface area contributed by atoms with Gasteiger partial charge >= 0.3 is 0 Å². The molecule has 0 atom stereocenters. The summed E-state index contributed by atoms with van der Waals surface area (Å²) in [5.74, 6) is -3.14. The summed E-state index contributed by atoms with van der Waals surface area (Å²) in [6.45, 7) is -0.276. The van der Waals surface area contributed by atoms with Gasteiger partial charge in [0.1, 0.15) is 0 Å². The fraction of sp³-hybridized carbons (Fsp3) is 0.222. The number of ether oxygens (including phenoxy) is 1. The second-order valence-corrected chi connectivity index (χ2v) is 2.57. The van der Waals surface area contributed by atoms with E-state index in [1.807, 2.05) is 0 Å². The molecule has 0 aliphatic rings. The van der Waals surface area contributed by atoms with Gasteiger partial charge in [0.2, 0.25) is 5.82 Å². The molecule has 0 unspecified atom stereocenters. The molecule has 0 saturated carbocycles. The van der Waals surface area contributed by atoms with Gasteiger partial charge in [-0.1, -0.05) is 0 Å². The molecule has 76 valence electrons. The number of carbonyl (C=O) groups excluding carboxylic acids is 1. The number of nitrogens with two attached hydrogens (primary N) is 1. The Kier molecular flexibility index (Phi) is 3.14. The maximum atomic E-state index is 13.1. The van der Waals surface area contributed by atoms with Crippen LogP contribution in [0.4, 0.5) is 8.78 Å². The first kappa shape index (κ1) is 10.6. The highest BCUT2D eigenvalue weighted by Gasteiger charge is 2.18. The van der Waals surface area contributed by atoms with E-state index in [4.69, 9.17) is 5.73 Å². The van der Waals surface area contributed by atoms with Crippen LogP contribution < -0.4 is 10.5 Å². The van der Waals surface area contributed by atoms with Crippen LogP contribution in [-0.2, 0) is 0 Å². The molecule has 1 aromatic carbocycles. The minimum absolute atomic E-state index is 0.0473. The highest BCUT2D eigenvalue weighted by molar-refractivity contribution is 6.00. The van der Waals surface area contributed by atoms with E-state index in [-0.39, 0.29) is 12.1 Å². The van der Waals surface area contributed by atoms with E-state index in [1.54, 1.807) is 0 Å². The quantitative estimate of drug-likeness (QED) is 0.745. The molecule has 0 fully saturated rings. The van der Waals surface area contributed by atoms with Crippen molar-refractivity contribution in [2.75, 3.05) is 13.7 Å². The Labute approximate surface area is 79.5 Å². The van der Waals surface area contributed by atoms with Gasteiger partial charge in [-0.25, -0.2) is 4.39 Å². The predicted molar refractivity (Wildman–Crippen MR) is 46.3 cm³/mol. The highest BCUT2D eigenvalue weighted by Crippen LogP contribution is 2.24. The van der Waals surface area contributed by atoms with E-state index in [1.165, 1.54) is 0 Å². The average Bonchev–Trinajstić information content (AvgIpc) is 2.20. The van der Waals surface area contributed by atoms with Crippen molar-refractivity contribution in [1.29, 1.82) is 0 Å². The minimum Gasteiger partial charge on any atom is -0.493 e. The van der Waals surface area contributed by atoms with Gasteiger partial charge in [0.15, 0.2) is 17.3 Å². The number of methoxy groups -OCH3 is 1. The summed E-state index contributed by atoms with van der Waals surface area (Å²) in [5.41, 5.74) is 5.05. The number of carbonyl (C=O) groups is 1. The van der Waals surface area contributed by atoms with Gasteiger partial charge in [-0.3, -0.25) is 4.79 Å². The summed E-state index contributed by atoms with van der Waals surface area (Å²) >= 11 is 0. The van der Waals surface area contributed by atoms with Crippen molar-refractivity contribution in [3.05, 3.63) is 29.3 Å². The second-order valence-electron chi connectivity index (χ2n) is 2.57. The van der Waals surface area contributed by atoms with Gasteiger partial charge in [-0.2, -0.15) is 4.39 Å². The molecule has 0 aromatic heterocycles. The molecule has 0 amide bonds. The topological polar surface area (TPSA) is 52.3 Å². The number of hydrogen-bond acceptors (Lipinski definition) is 3. The van der Waals surface area contributed by atoms with Crippen LogP contribution in [0.2, 0.25) is 0 Å². The lowest BCUT2D eigenvalue weighted by Crippen LogP contribution is -2.15. The number of rotatable bonds is 3. The normalized spacial score (nSPS) is 10.0. The summed E-state index contributed by atoms with van der Waals surface area (Å²) in [5, 5.41) is 0. The number of ketones is 1. The molecule has 14 heavy (non-hydrogen) atoms. The van der Waals surface area contributed by atoms with E-state index < -0.39 is 23.2 Å². The largest absolute Gasteiger partial charge is 0.493 e. The van der Waals surface area contributed by atoms with Crippen LogP contribution in [0.15, 0.2) is 12.1 Å². The maximum absolute atomic E-state index is 13.1. The fourth-order valence-corrected chi connectivity index (χ4v) is 1.06. The molecular weight excluding hydrogens is 192 g/mol. The Bertz CT molecular complexity index is 366. The third-order valence-corrected chi connectivity index (χ3v) is 1.74. The zero-order valence-corrected chi connectivity index (χ0v) is 7.51. The molecule has 0 heterocycles. The molecule has 0 aliphatic carbocycles. The highest BCUT2D eigenvalue weighted by atomic mass is 19.2. The van der Waals surface area contributed by atoms with Crippen LogP contribution in [-0.4, -0.2) is 19.4 Å². The fourth-order valence-electron chi connectivity index (χ4n) is 1.06. The van der Waals surface area contributed by atoms with Crippen LogP contribution in [0.3, 0.4) is 0 Å². The first-order valence-electron chi connectivity index (χ1n) is 3.87. The van der Waals surface area contributed by atoms with Crippen molar-refractivity contribution in [3.63, 3.8) is 0 Å². The zero-order valence-electron chi connectivity index (χ0n) is 7.51. The maximum Gasteiger partial charge on any atom is 0.201 e. The van der Waals surface area contributed by atoms with Crippen LogP contribution in [0, 0.1) is 11.6 Å². The summed E-state index contributed by atoms with van der Waals surface area (Å²) in [6.07, 6.45) is 0. The third-order valence-electron chi connectivity index (χ3n) is 1.74. The molecule has 0 saturated heterocycles.